The number of likely N-dealkylation sites (N-methyl/N-ethyl adjacent to an activating group) is 1. The van der Waals surface area contributed by atoms with Crippen molar-refractivity contribution in [3.63, 3.8) is 0 Å². The molecule has 0 saturated carbocycles. The molecule has 1 aromatic rings. The van der Waals surface area contributed by atoms with E-state index in [-0.39, 0.29) is 6.04 Å². The smallest absolute Gasteiger partial charge is 0.301 e. The van der Waals surface area contributed by atoms with Crippen LogP contribution in [0.4, 0.5) is 13.2 Å². The topological polar surface area (TPSA) is 3.24 Å². The van der Waals surface area contributed by atoms with E-state index in [4.69, 9.17) is 23.2 Å². The highest BCUT2D eigenvalue weighted by atomic mass is 35.5. The van der Waals surface area contributed by atoms with Crippen LogP contribution in [0.5, 0.6) is 0 Å². The van der Waals surface area contributed by atoms with Gasteiger partial charge in [-0.2, -0.15) is 13.2 Å². The number of alkyl halides is 5. The van der Waals surface area contributed by atoms with Gasteiger partial charge in [-0.25, -0.2) is 0 Å². The maximum Gasteiger partial charge on any atom is 0.416 e. The lowest BCUT2D eigenvalue weighted by Crippen LogP contribution is -2.34. The van der Waals surface area contributed by atoms with Gasteiger partial charge in [-0.05, 0) is 25.6 Å². The van der Waals surface area contributed by atoms with E-state index in [2.05, 4.69) is 0 Å². The minimum atomic E-state index is -4.35. The van der Waals surface area contributed by atoms with Gasteiger partial charge in [0.2, 0.25) is 0 Å². The summed E-state index contributed by atoms with van der Waals surface area (Å²) in [4.78, 5) is 1.92. The summed E-state index contributed by atoms with van der Waals surface area (Å²) in [7, 11) is 1.84. The number of hydrogen-bond donors (Lipinski definition) is 0. The normalized spacial score (nSPS) is 15.6. The minimum absolute atomic E-state index is 0.107. The first kappa shape index (κ1) is 16.6. The molecule has 0 saturated heterocycles. The van der Waals surface area contributed by atoms with Gasteiger partial charge in [-0.15, -0.1) is 23.2 Å². The third kappa shape index (κ3) is 4.55. The SMILES string of the molecule is C[C@H]([C@@H](Cl)c1cccc(C(F)(F)F)c1)N(C)CCCl. The molecule has 1 rings (SSSR count). The lowest BCUT2D eigenvalue weighted by atomic mass is 10.0. The third-order valence-corrected chi connectivity index (χ3v) is 3.87. The van der Waals surface area contributed by atoms with Gasteiger partial charge in [0.05, 0.1) is 10.9 Å². The molecule has 1 aromatic carbocycles. The molecule has 0 aromatic heterocycles. The van der Waals surface area contributed by atoms with Crippen molar-refractivity contribution in [2.75, 3.05) is 19.5 Å². The summed E-state index contributed by atoms with van der Waals surface area (Å²) in [6, 6.07) is 5.02. The molecule has 0 heterocycles. The maximum absolute atomic E-state index is 12.6. The summed E-state index contributed by atoms with van der Waals surface area (Å²) in [5.74, 6) is 0.451. The van der Waals surface area contributed by atoms with Crippen LogP contribution in [0.15, 0.2) is 24.3 Å². The monoisotopic (exact) mass is 313 g/mol. The lowest BCUT2D eigenvalue weighted by Gasteiger charge is -2.28. The fourth-order valence-corrected chi connectivity index (χ4v) is 2.32. The number of rotatable bonds is 5. The fraction of sp³-hybridized carbons (Fsp3) is 0.538. The van der Waals surface area contributed by atoms with Crippen molar-refractivity contribution in [2.24, 2.45) is 0 Å². The van der Waals surface area contributed by atoms with E-state index < -0.39 is 17.1 Å². The van der Waals surface area contributed by atoms with E-state index in [1.54, 1.807) is 6.07 Å². The molecule has 0 radical (unpaired) electrons. The van der Waals surface area contributed by atoms with E-state index in [9.17, 15) is 13.2 Å². The van der Waals surface area contributed by atoms with E-state index in [0.29, 0.717) is 18.0 Å². The highest BCUT2D eigenvalue weighted by Gasteiger charge is 2.31. The van der Waals surface area contributed by atoms with Crippen LogP contribution in [0.3, 0.4) is 0 Å². The Bertz CT molecular complexity index is 409. The Hall–Kier alpha value is -0.450. The number of hydrogen-bond acceptors (Lipinski definition) is 1. The largest absolute Gasteiger partial charge is 0.416 e. The average Bonchev–Trinajstić information content (AvgIpc) is 2.36. The van der Waals surface area contributed by atoms with Gasteiger partial charge < -0.3 is 4.90 Å². The summed E-state index contributed by atoms with van der Waals surface area (Å²) in [5, 5.41) is -0.518. The summed E-state index contributed by atoms with van der Waals surface area (Å²) in [6.45, 7) is 2.50. The molecule has 0 aliphatic carbocycles. The predicted octanol–water partition coefficient (Wildman–Crippen LogP) is 4.54. The zero-order chi connectivity index (χ0) is 14.6. The molecule has 19 heavy (non-hydrogen) atoms. The second kappa shape index (κ2) is 6.82. The summed E-state index contributed by atoms with van der Waals surface area (Å²) < 4.78 is 37.9. The number of nitrogens with zero attached hydrogens (tertiary/aromatic N) is 1. The molecule has 0 N–H and O–H groups in total. The Kier molecular flexibility index (Phi) is 5.96. The van der Waals surface area contributed by atoms with Gasteiger partial charge in [0.15, 0.2) is 0 Å². The molecule has 0 spiro atoms. The van der Waals surface area contributed by atoms with E-state index >= 15 is 0 Å². The number of benzene rings is 1. The van der Waals surface area contributed by atoms with Gasteiger partial charge in [-0.1, -0.05) is 18.2 Å². The van der Waals surface area contributed by atoms with Gasteiger partial charge in [0, 0.05) is 18.5 Å². The fourth-order valence-electron chi connectivity index (χ4n) is 1.73. The Morgan fingerprint density at radius 1 is 1.32 bits per heavy atom. The standard InChI is InChI=1S/C13H16Cl2F3N/c1-9(19(2)7-6-14)12(15)10-4-3-5-11(8-10)13(16,17)18/h3-5,8-9,12H,6-7H2,1-2H3/t9-,12-/m1/s1. The van der Waals surface area contributed by atoms with Crippen molar-refractivity contribution < 1.29 is 13.2 Å². The molecule has 0 bridgehead atoms. The molecule has 0 amide bonds. The lowest BCUT2D eigenvalue weighted by molar-refractivity contribution is -0.137. The third-order valence-electron chi connectivity index (χ3n) is 3.09. The zero-order valence-corrected chi connectivity index (χ0v) is 12.2. The molecule has 0 unspecified atom stereocenters. The second-order valence-electron chi connectivity index (χ2n) is 4.44. The van der Waals surface area contributed by atoms with Crippen molar-refractivity contribution in [1.29, 1.82) is 0 Å². The molecule has 0 aliphatic heterocycles. The molecular formula is C13H16Cl2F3N. The van der Waals surface area contributed by atoms with Gasteiger partial charge in [0.1, 0.15) is 0 Å². The number of halogens is 5. The second-order valence-corrected chi connectivity index (χ2v) is 5.28. The first-order valence-electron chi connectivity index (χ1n) is 5.84. The van der Waals surface area contributed by atoms with Crippen LogP contribution in [0.25, 0.3) is 0 Å². The van der Waals surface area contributed by atoms with Crippen molar-refractivity contribution in [3.05, 3.63) is 35.4 Å². The first-order chi connectivity index (χ1) is 8.77. The summed E-state index contributed by atoms with van der Waals surface area (Å²) in [6.07, 6.45) is -4.35. The quantitative estimate of drug-likeness (QED) is 0.721. The Labute approximate surface area is 121 Å². The van der Waals surface area contributed by atoms with Gasteiger partial charge in [0.25, 0.3) is 0 Å². The highest BCUT2D eigenvalue weighted by Crippen LogP contribution is 2.33. The van der Waals surface area contributed by atoms with Crippen LogP contribution in [0.1, 0.15) is 23.4 Å². The first-order valence-corrected chi connectivity index (χ1v) is 6.82. The molecule has 108 valence electrons. The van der Waals surface area contributed by atoms with Gasteiger partial charge >= 0.3 is 6.18 Å². The van der Waals surface area contributed by atoms with Crippen LogP contribution >= 0.6 is 23.2 Å². The van der Waals surface area contributed by atoms with Crippen LogP contribution < -0.4 is 0 Å². The van der Waals surface area contributed by atoms with Crippen molar-refractivity contribution in [1.82, 2.24) is 4.90 Å². The highest BCUT2D eigenvalue weighted by molar-refractivity contribution is 6.21. The predicted molar refractivity (Wildman–Crippen MR) is 72.9 cm³/mol. The molecule has 6 heteroatoms. The molecule has 0 fully saturated rings. The Morgan fingerprint density at radius 2 is 1.95 bits per heavy atom. The van der Waals surface area contributed by atoms with Crippen LogP contribution in [0, 0.1) is 0 Å². The van der Waals surface area contributed by atoms with Crippen molar-refractivity contribution in [2.45, 2.75) is 24.5 Å². The van der Waals surface area contributed by atoms with Crippen LogP contribution in [-0.4, -0.2) is 30.4 Å². The summed E-state index contributed by atoms with van der Waals surface area (Å²) >= 11 is 11.9. The van der Waals surface area contributed by atoms with Crippen molar-refractivity contribution in [3.8, 4) is 0 Å². The van der Waals surface area contributed by atoms with Gasteiger partial charge in [-0.3, -0.25) is 0 Å². The summed E-state index contributed by atoms with van der Waals surface area (Å²) in [5.41, 5.74) is -0.215. The Balaban J connectivity index is 2.91. The molecular weight excluding hydrogens is 298 g/mol. The van der Waals surface area contributed by atoms with Crippen LogP contribution in [-0.2, 0) is 6.18 Å². The maximum atomic E-state index is 12.6. The molecule has 2 atom stereocenters. The van der Waals surface area contributed by atoms with E-state index in [1.807, 2.05) is 18.9 Å². The van der Waals surface area contributed by atoms with Crippen molar-refractivity contribution >= 4 is 23.2 Å². The Morgan fingerprint density at radius 3 is 2.47 bits per heavy atom. The zero-order valence-electron chi connectivity index (χ0n) is 10.7. The molecule has 1 nitrogen and oxygen atoms in total. The molecule has 0 aliphatic rings. The van der Waals surface area contributed by atoms with E-state index in [1.165, 1.54) is 6.07 Å². The van der Waals surface area contributed by atoms with E-state index in [0.717, 1.165) is 12.1 Å². The van der Waals surface area contributed by atoms with Crippen LogP contribution in [0.2, 0.25) is 0 Å². The average molecular weight is 314 g/mol. The minimum Gasteiger partial charge on any atom is -0.301 e.